The van der Waals surface area contributed by atoms with Crippen LogP contribution >= 0.6 is 0 Å². The van der Waals surface area contributed by atoms with Crippen molar-refractivity contribution in [3.63, 3.8) is 0 Å². The molecular formula is C13H26N2O2S. The standard InChI is InChI=1S/C13H26N2O2S/c1-13(2)4-7-15(8-5-13)9-6-14-12-3-10-18(16,17)11-12/h12,14H,3-11H2,1-2H3. The zero-order valence-corrected chi connectivity index (χ0v) is 12.4. The van der Waals surface area contributed by atoms with E-state index in [1.807, 2.05) is 0 Å². The Morgan fingerprint density at radius 1 is 1.28 bits per heavy atom. The lowest BCUT2D eigenvalue weighted by atomic mass is 9.83. The van der Waals surface area contributed by atoms with E-state index in [1.165, 1.54) is 25.9 Å². The number of hydrogen-bond acceptors (Lipinski definition) is 4. The lowest BCUT2D eigenvalue weighted by Crippen LogP contribution is -2.42. The number of hydrogen-bond donors (Lipinski definition) is 1. The van der Waals surface area contributed by atoms with Gasteiger partial charge in [0.1, 0.15) is 0 Å². The third kappa shape index (κ3) is 4.21. The Morgan fingerprint density at radius 2 is 1.94 bits per heavy atom. The smallest absolute Gasteiger partial charge is 0.151 e. The topological polar surface area (TPSA) is 49.4 Å². The first-order chi connectivity index (χ1) is 8.36. The fraction of sp³-hybridized carbons (Fsp3) is 1.00. The minimum absolute atomic E-state index is 0.191. The maximum Gasteiger partial charge on any atom is 0.151 e. The van der Waals surface area contributed by atoms with Crippen LogP contribution < -0.4 is 5.32 Å². The molecule has 2 saturated heterocycles. The van der Waals surface area contributed by atoms with E-state index < -0.39 is 9.84 Å². The van der Waals surface area contributed by atoms with Crippen LogP contribution in [0.5, 0.6) is 0 Å². The predicted molar refractivity (Wildman–Crippen MR) is 74.5 cm³/mol. The van der Waals surface area contributed by atoms with Crippen LogP contribution in [0.4, 0.5) is 0 Å². The predicted octanol–water partition coefficient (Wildman–Crippen LogP) is 0.885. The summed E-state index contributed by atoms with van der Waals surface area (Å²) in [5, 5.41) is 3.38. The van der Waals surface area contributed by atoms with E-state index in [2.05, 4.69) is 24.1 Å². The molecule has 0 radical (unpaired) electrons. The van der Waals surface area contributed by atoms with E-state index >= 15 is 0 Å². The van der Waals surface area contributed by atoms with Gasteiger partial charge in [-0.1, -0.05) is 13.8 Å². The maximum atomic E-state index is 11.3. The molecule has 0 aliphatic carbocycles. The average Bonchev–Trinajstić information content (AvgIpc) is 2.61. The van der Waals surface area contributed by atoms with Crippen LogP contribution in [-0.4, -0.2) is 57.0 Å². The van der Waals surface area contributed by atoms with Crippen LogP contribution in [0.1, 0.15) is 33.1 Å². The Hall–Kier alpha value is -0.130. The molecule has 2 rings (SSSR count). The molecule has 0 spiro atoms. The van der Waals surface area contributed by atoms with Crippen molar-refractivity contribution in [1.29, 1.82) is 0 Å². The van der Waals surface area contributed by atoms with Gasteiger partial charge in [-0.2, -0.15) is 0 Å². The van der Waals surface area contributed by atoms with Crippen LogP contribution in [0.3, 0.4) is 0 Å². The van der Waals surface area contributed by atoms with E-state index in [9.17, 15) is 8.42 Å². The SMILES string of the molecule is CC1(C)CCN(CCNC2CCS(=O)(=O)C2)CC1. The average molecular weight is 274 g/mol. The van der Waals surface area contributed by atoms with Crippen molar-refractivity contribution < 1.29 is 8.42 Å². The zero-order valence-electron chi connectivity index (χ0n) is 11.6. The van der Waals surface area contributed by atoms with Crippen LogP contribution in [0.25, 0.3) is 0 Å². The Bertz CT molecular complexity index is 368. The summed E-state index contributed by atoms with van der Waals surface area (Å²) < 4.78 is 22.7. The molecule has 2 aliphatic rings. The second-order valence-corrected chi connectivity index (χ2v) is 8.79. The van der Waals surface area contributed by atoms with Crippen molar-refractivity contribution in [3.8, 4) is 0 Å². The molecule has 4 nitrogen and oxygen atoms in total. The largest absolute Gasteiger partial charge is 0.312 e. The summed E-state index contributed by atoms with van der Waals surface area (Å²) in [4.78, 5) is 2.49. The first-order valence-corrected chi connectivity index (χ1v) is 8.85. The second kappa shape index (κ2) is 5.47. The van der Waals surface area contributed by atoms with Gasteiger partial charge in [0.2, 0.25) is 0 Å². The van der Waals surface area contributed by atoms with E-state index in [4.69, 9.17) is 0 Å². The van der Waals surface area contributed by atoms with Crippen molar-refractivity contribution in [2.24, 2.45) is 5.41 Å². The summed E-state index contributed by atoms with van der Waals surface area (Å²) in [6, 6.07) is 0.191. The van der Waals surface area contributed by atoms with E-state index in [-0.39, 0.29) is 6.04 Å². The summed E-state index contributed by atoms with van der Waals surface area (Å²) in [7, 11) is -2.74. The number of piperidine rings is 1. The van der Waals surface area contributed by atoms with Gasteiger partial charge in [0.25, 0.3) is 0 Å². The van der Waals surface area contributed by atoms with Gasteiger partial charge in [-0.25, -0.2) is 8.42 Å². The third-order valence-electron chi connectivity index (χ3n) is 4.30. The molecule has 18 heavy (non-hydrogen) atoms. The molecule has 1 atom stereocenters. The molecule has 106 valence electrons. The molecule has 2 fully saturated rings. The van der Waals surface area contributed by atoms with E-state index in [1.54, 1.807) is 0 Å². The van der Waals surface area contributed by atoms with Crippen LogP contribution in [0.15, 0.2) is 0 Å². The summed E-state index contributed by atoms with van der Waals surface area (Å²) in [6.07, 6.45) is 3.32. The van der Waals surface area contributed by atoms with Gasteiger partial charge in [-0.15, -0.1) is 0 Å². The van der Waals surface area contributed by atoms with Gasteiger partial charge < -0.3 is 10.2 Å². The van der Waals surface area contributed by atoms with Crippen LogP contribution in [-0.2, 0) is 9.84 Å². The van der Waals surface area contributed by atoms with Crippen LogP contribution in [0.2, 0.25) is 0 Å². The zero-order chi connectivity index (χ0) is 13.2. The second-order valence-electron chi connectivity index (χ2n) is 6.56. The lowest BCUT2D eigenvalue weighted by molar-refractivity contribution is 0.133. The lowest BCUT2D eigenvalue weighted by Gasteiger charge is -2.37. The number of likely N-dealkylation sites (tertiary alicyclic amines) is 1. The number of nitrogens with one attached hydrogen (secondary N) is 1. The van der Waals surface area contributed by atoms with Crippen molar-refractivity contribution in [2.45, 2.75) is 39.2 Å². The maximum absolute atomic E-state index is 11.3. The number of rotatable bonds is 4. The summed E-state index contributed by atoms with van der Waals surface area (Å²) in [5.41, 5.74) is 0.503. The molecule has 0 saturated carbocycles. The van der Waals surface area contributed by atoms with E-state index in [0.29, 0.717) is 16.9 Å². The quantitative estimate of drug-likeness (QED) is 0.827. The molecule has 0 aromatic heterocycles. The highest BCUT2D eigenvalue weighted by Gasteiger charge is 2.28. The van der Waals surface area contributed by atoms with Crippen molar-refractivity contribution in [3.05, 3.63) is 0 Å². The molecule has 1 N–H and O–H groups in total. The Balaban J connectivity index is 1.62. The summed E-state index contributed by atoms with van der Waals surface area (Å²) in [5.74, 6) is 0.697. The summed E-state index contributed by atoms with van der Waals surface area (Å²) in [6.45, 7) is 9.00. The molecule has 2 aliphatic heterocycles. The Labute approximate surface area is 111 Å². The summed E-state index contributed by atoms with van der Waals surface area (Å²) >= 11 is 0. The highest BCUT2D eigenvalue weighted by Crippen LogP contribution is 2.29. The van der Waals surface area contributed by atoms with Gasteiger partial charge in [0.15, 0.2) is 9.84 Å². The first kappa shape index (κ1) is 14.3. The highest BCUT2D eigenvalue weighted by molar-refractivity contribution is 7.91. The van der Waals surface area contributed by atoms with Crippen LogP contribution in [0, 0.1) is 5.41 Å². The Morgan fingerprint density at radius 3 is 2.50 bits per heavy atom. The van der Waals surface area contributed by atoms with Gasteiger partial charge >= 0.3 is 0 Å². The molecule has 5 heteroatoms. The monoisotopic (exact) mass is 274 g/mol. The van der Waals surface area contributed by atoms with Crippen molar-refractivity contribution in [1.82, 2.24) is 10.2 Å². The number of nitrogens with zero attached hydrogens (tertiary/aromatic N) is 1. The molecule has 0 aromatic rings. The molecule has 2 heterocycles. The Kier molecular flexibility index (Phi) is 4.34. The third-order valence-corrected chi connectivity index (χ3v) is 6.07. The normalized spacial score (nSPS) is 31.6. The fourth-order valence-electron chi connectivity index (χ4n) is 2.76. The fourth-order valence-corrected chi connectivity index (χ4v) is 4.47. The minimum Gasteiger partial charge on any atom is -0.312 e. The van der Waals surface area contributed by atoms with Crippen molar-refractivity contribution >= 4 is 9.84 Å². The highest BCUT2D eigenvalue weighted by atomic mass is 32.2. The molecule has 0 aromatic carbocycles. The van der Waals surface area contributed by atoms with Gasteiger partial charge in [-0.3, -0.25) is 0 Å². The van der Waals surface area contributed by atoms with Gasteiger partial charge in [0.05, 0.1) is 11.5 Å². The molecule has 0 amide bonds. The molecule has 0 bridgehead atoms. The first-order valence-electron chi connectivity index (χ1n) is 7.03. The number of sulfone groups is 1. The molecular weight excluding hydrogens is 248 g/mol. The molecule has 1 unspecified atom stereocenters. The van der Waals surface area contributed by atoms with Gasteiger partial charge in [-0.05, 0) is 37.8 Å². The van der Waals surface area contributed by atoms with Gasteiger partial charge in [0, 0.05) is 19.1 Å². The van der Waals surface area contributed by atoms with Crippen molar-refractivity contribution in [2.75, 3.05) is 37.7 Å². The van der Waals surface area contributed by atoms with E-state index in [0.717, 1.165) is 19.5 Å². The minimum atomic E-state index is -2.74.